The third-order valence-corrected chi connectivity index (χ3v) is 3.61. The zero-order chi connectivity index (χ0) is 15.6. The molecule has 1 rings (SSSR count). The lowest BCUT2D eigenvalue weighted by atomic mass is 9.91. The Morgan fingerprint density at radius 2 is 1.85 bits per heavy atom. The molecule has 1 unspecified atom stereocenters. The maximum Gasteiger partial charge on any atom is 0.316 e. The van der Waals surface area contributed by atoms with Crippen LogP contribution < -0.4 is 0 Å². The second-order valence-electron chi connectivity index (χ2n) is 5.53. The van der Waals surface area contributed by atoms with Gasteiger partial charge in [-0.3, -0.25) is 4.79 Å². The largest absolute Gasteiger partial charge is 0.435 e. The quantitative estimate of drug-likeness (QED) is 0.538. The lowest BCUT2D eigenvalue weighted by molar-refractivity contribution is -0.148. The van der Waals surface area contributed by atoms with Gasteiger partial charge in [0.05, 0.1) is 11.7 Å². The van der Waals surface area contributed by atoms with E-state index in [9.17, 15) is 4.79 Å². The van der Waals surface area contributed by atoms with Crippen LogP contribution in [-0.2, 0) is 9.53 Å². The molecule has 112 valence electrons. The predicted octanol–water partition coefficient (Wildman–Crippen LogP) is 5.31. The summed E-state index contributed by atoms with van der Waals surface area (Å²) in [5.41, 5.74) is 1.07. The van der Waals surface area contributed by atoms with Crippen molar-refractivity contribution in [1.82, 2.24) is 0 Å². The Morgan fingerprint density at radius 3 is 2.25 bits per heavy atom. The Hall–Kier alpha value is -1.57. The van der Waals surface area contributed by atoms with Crippen molar-refractivity contribution in [2.24, 2.45) is 5.41 Å². The third kappa shape index (κ3) is 6.55. The van der Waals surface area contributed by atoms with Crippen LogP contribution in [0.2, 0.25) is 0 Å². The van der Waals surface area contributed by atoms with Crippen molar-refractivity contribution in [3.05, 3.63) is 48.7 Å². The molecule has 0 aromatic heterocycles. The van der Waals surface area contributed by atoms with Crippen LogP contribution >= 0.6 is 0 Å². The van der Waals surface area contributed by atoms with Crippen LogP contribution in [0.4, 0.5) is 0 Å². The summed E-state index contributed by atoms with van der Waals surface area (Å²) in [6.45, 7) is 13.4. The Morgan fingerprint density at radius 1 is 1.30 bits per heavy atom. The van der Waals surface area contributed by atoms with E-state index in [1.54, 1.807) is 0 Å². The van der Waals surface area contributed by atoms with E-state index in [1.165, 1.54) is 18.2 Å². The molecule has 0 amide bonds. The van der Waals surface area contributed by atoms with Gasteiger partial charge in [-0.25, -0.2) is 0 Å². The number of hydrogen-bond donors (Lipinski definition) is 0. The predicted molar refractivity (Wildman–Crippen MR) is 85.5 cm³/mol. The SMILES string of the molecule is C=COC(=O)C(C)(C)CC.CCC(C)c1ccccc1. The van der Waals surface area contributed by atoms with E-state index in [2.05, 4.69) is 55.5 Å². The number of ether oxygens (including phenoxy) is 1. The van der Waals surface area contributed by atoms with Gasteiger partial charge >= 0.3 is 5.97 Å². The van der Waals surface area contributed by atoms with E-state index >= 15 is 0 Å². The van der Waals surface area contributed by atoms with Gasteiger partial charge in [-0.05, 0) is 38.2 Å². The number of esters is 1. The van der Waals surface area contributed by atoms with Gasteiger partial charge in [-0.1, -0.05) is 57.7 Å². The summed E-state index contributed by atoms with van der Waals surface area (Å²) in [6, 6.07) is 10.6. The van der Waals surface area contributed by atoms with Crippen molar-refractivity contribution in [1.29, 1.82) is 0 Å². The van der Waals surface area contributed by atoms with E-state index < -0.39 is 0 Å². The van der Waals surface area contributed by atoms with Gasteiger partial charge in [0.15, 0.2) is 0 Å². The Balaban J connectivity index is 0.000000361. The summed E-state index contributed by atoms with van der Waals surface area (Å²) in [4.78, 5) is 11.0. The molecule has 0 N–H and O–H groups in total. The highest BCUT2D eigenvalue weighted by molar-refractivity contribution is 5.76. The van der Waals surface area contributed by atoms with Gasteiger partial charge in [0.1, 0.15) is 0 Å². The Labute approximate surface area is 123 Å². The highest BCUT2D eigenvalue weighted by Crippen LogP contribution is 2.21. The minimum absolute atomic E-state index is 0.218. The highest BCUT2D eigenvalue weighted by atomic mass is 16.5. The molecule has 0 aliphatic rings. The lowest BCUT2D eigenvalue weighted by Crippen LogP contribution is -2.23. The number of carbonyl (C=O) groups is 1. The van der Waals surface area contributed by atoms with E-state index in [4.69, 9.17) is 0 Å². The molecule has 1 atom stereocenters. The first-order valence-corrected chi connectivity index (χ1v) is 7.25. The van der Waals surface area contributed by atoms with Crippen LogP contribution in [0.1, 0.15) is 58.9 Å². The van der Waals surface area contributed by atoms with E-state index in [0.717, 1.165) is 6.42 Å². The van der Waals surface area contributed by atoms with Crippen molar-refractivity contribution >= 4 is 5.97 Å². The first-order valence-electron chi connectivity index (χ1n) is 7.25. The van der Waals surface area contributed by atoms with E-state index in [1.807, 2.05) is 20.8 Å². The number of rotatable bonds is 5. The van der Waals surface area contributed by atoms with E-state index in [0.29, 0.717) is 5.92 Å². The fourth-order valence-corrected chi connectivity index (χ4v) is 1.40. The first kappa shape index (κ1) is 18.4. The van der Waals surface area contributed by atoms with Crippen LogP contribution in [0.25, 0.3) is 0 Å². The molecule has 0 fully saturated rings. The smallest absolute Gasteiger partial charge is 0.316 e. The van der Waals surface area contributed by atoms with Crippen LogP contribution in [0.15, 0.2) is 43.2 Å². The van der Waals surface area contributed by atoms with Gasteiger partial charge in [-0.2, -0.15) is 0 Å². The molecule has 20 heavy (non-hydrogen) atoms. The molecule has 0 heterocycles. The van der Waals surface area contributed by atoms with Crippen molar-refractivity contribution in [2.45, 2.75) is 53.4 Å². The van der Waals surface area contributed by atoms with Gasteiger partial charge in [0.25, 0.3) is 0 Å². The minimum atomic E-state index is -0.381. The van der Waals surface area contributed by atoms with Crippen molar-refractivity contribution < 1.29 is 9.53 Å². The van der Waals surface area contributed by atoms with Gasteiger partial charge < -0.3 is 4.74 Å². The second-order valence-corrected chi connectivity index (χ2v) is 5.53. The maximum absolute atomic E-state index is 11.0. The minimum Gasteiger partial charge on any atom is -0.435 e. The van der Waals surface area contributed by atoms with Crippen molar-refractivity contribution in [3.63, 3.8) is 0 Å². The van der Waals surface area contributed by atoms with E-state index in [-0.39, 0.29) is 11.4 Å². The van der Waals surface area contributed by atoms with Crippen LogP contribution in [0.3, 0.4) is 0 Å². The van der Waals surface area contributed by atoms with Gasteiger partial charge in [-0.15, -0.1) is 0 Å². The summed E-state index contributed by atoms with van der Waals surface area (Å²) in [5, 5.41) is 0. The molecule has 0 aliphatic carbocycles. The van der Waals surface area contributed by atoms with Crippen LogP contribution in [0.5, 0.6) is 0 Å². The molecule has 0 aliphatic heterocycles. The van der Waals surface area contributed by atoms with Gasteiger partial charge in [0.2, 0.25) is 0 Å². The molecular weight excluding hydrogens is 248 g/mol. The molecule has 0 spiro atoms. The molecule has 0 saturated carbocycles. The normalized spacial score (nSPS) is 11.8. The highest BCUT2D eigenvalue weighted by Gasteiger charge is 2.26. The molecule has 1 aromatic rings. The van der Waals surface area contributed by atoms with Crippen molar-refractivity contribution in [2.75, 3.05) is 0 Å². The molecule has 0 bridgehead atoms. The fourth-order valence-electron chi connectivity index (χ4n) is 1.40. The first-order chi connectivity index (χ1) is 9.38. The number of carbonyl (C=O) groups excluding carboxylic acids is 1. The Kier molecular flexibility index (Phi) is 8.62. The molecule has 1 aromatic carbocycles. The monoisotopic (exact) mass is 276 g/mol. The molecular formula is C18H28O2. The molecule has 0 saturated heterocycles. The van der Waals surface area contributed by atoms with Crippen LogP contribution in [-0.4, -0.2) is 5.97 Å². The lowest BCUT2D eigenvalue weighted by Gasteiger charge is -2.18. The summed E-state index contributed by atoms with van der Waals surface area (Å²) in [7, 11) is 0. The summed E-state index contributed by atoms with van der Waals surface area (Å²) >= 11 is 0. The standard InChI is InChI=1S/C10H14.C8H14O2/c1-3-9(2)10-7-5-4-6-8-10;1-5-8(3,4)7(9)10-6-2/h4-9H,3H2,1-2H3;6H,2,5H2,1,3-4H3. The average Bonchev–Trinajstić information content (AvgIpc) is 2.48. The summed E-state index contributed by atoms with van der Waals surface area (Å²) in [6.07, 6.45) is 3.17. The summed E-state index contributed by atoms with van der Waals surface area (Å²) < 4.78 is 4.62. The maximum atomic E-state index is 11.0. The zero-order valence-corrected chi connectivity index (χ0v) is 13.5. The topological polar surface area (TPSA) is 26.3 Å². The third-order valence-electron chi connectivity index (χ3n) is 3.61. The number of hydrogen-bond acceptors (Lipinski definition) is 2. The molecule has 0 radical (unpaired) electrons. The van der Waals surface area contributed by atoms with Crippen molar-refractivity contribution in [3.8, 4) is 0 Å². The Bertz CT molecular complexity index is 393. The zero-order valence-electron chi connectivity index (χ0n) is 13.5. The van der Waals surface area contributed by atoms with Gasteiger partial charge in [0, 0.05) is 0 Å². The number of benzene rings is 1. The fraction of sp³-hybridized carbons (Fsp3) is 0.500. The van der Waals surface area contributed by atoms with Crippen LogP contribution in [0, 0.1) is 5.41 Å². The molecule has 2 heteroatoms. The summed E-state index contributed by atoms with van der Waals surface area (Å²) in [5.74, 6) is 0.492. The second kappa shape index (κ2) is 9.35. The molecule has 2 nitrogen and oxygen atoms in total. The average molecular weight is 276 g/mol.